The number of imidazole rings is 1. The van der Waals surface area contributed by atoms with Crippen LogP contribution >= 0.6 is 0 Å². The van der Waals surface area contributed by atoms with Gasteiger partial charge in [-0.1, -0.05) is 0 Å². The van der Waals surface area contributed by atoms with Crippen molar-refractivity contribution in [1.82, 2.24) is 29.5 Å². The van der Waals surface area contributed by atoms with Gasteiger partial charge in [-0.3, -0.25) is 4.98 Å². The number of aromatic nitrogens is 5. The molecule has 3 N–H and O–H groups in total. The maximum atomic E-state index is 12.2. The minimum absolute atomic E-state index is 0.00752. The third kappa shape index (κ3) is 4.99. The first kappa shape index (κ1) is 18.7. The first-order chi connectivity index (χ1) is 12.9. The summed E-state index contributed by atoms with van der Waals surface area (Å²) >= 11 is 0. The molecule has 0 aliphatic rings. The number of nitrogens with one attached hydrogen (secondary N) is 3. The molecule has 0 atom stereocenters. The van der Waals surface area contributed by atoms with Gasteiger partial charge in [0.05, 0.1) is 11.9 Å². The highest BCUT2D eigenvalue weighted by atomic mass is 32.2. The maximum absolute atomic E-state index is 12.2. The second-order valence-electron chi connectivity index (χ2n) is 5.73. The molecule has 27 heavy (non-hydrogen) atoms. The topological polar surface area (TPSA) is 127 Å². The van der Waals surface area contributed by atoms with Crippen molar-refractivity contribution >= 4 is 27.3 Å². The lowest BCUT2D eigenvalue weighted by molar-refractivity contribution is 0.579. The summed E-state index contributed by atoms with van der Waals surface area (Å²) in [7, 11) is -1.89. The largest absolute Gasteiger partial charge is 0.367 e. The smallest absolute Gasteiger partial charge is 0.259 e. The number of hydrogen-bond acceptors (Lipinski definition) is 8. The molecule has 3 heterocycles. The van der Waals surface area contributed by atoms with Gasteiger partial charge in [0.15, 0.2) is 10.8 Å². The Balaban J connectivity index is 1.47. The van der Waals surface area contributed by atoms with Gasteiger partial charge in [0.1, 0.15) is 11.6 Å². The zero-order valence-electron chi connectivity index (χ0n) is 14.9. The Morgan fingerprint density at radius 3 is 2.52 bits per heavy atom. The van der Waals surface area contributed by atoms with E-state index in [2.05, 4.69) is 35.5 Å². The highest BCUT2D eigenvalue weighted by Crippen LogP contribution is 2.13. The Kier molecular flexibility index (Phi) is 5.62. The molecule has 10 nitrogen and oxygen atoms in total. The molecule has 3 aromatic heterocycles. The van der Waals surface area contributed by atoms with Gasteiger partial charge in [0, 0.05) is 32.5 Å². The van der Waals surface area contributed by atoms with Crippen LogP contribution in [0.2, 0.25) is 0 Å². The Morgan fingerprint density at radius 2 is 1.89 bits per heavy atom. The van der Waals surface area contributed by atoms with Crippen molar-refractivity contribution in [3.8, 4) is 0 Å². The van der Waals surface area contributed by atoms with E-state index >= 15 is 0 Å². The lowest BCUT2D eigenvalue weighted by atomic mass is 10.4. The van der Waals surface area contributed by atoms with E-state index in [9.17, 15) is 8.42 Å². The van der Waals surface area contributed by atoms with Crippen LogP contribution in [0.5, 0.6) is 0 Å². The van der Waals surface area contributed by atoms with Crippen molar-refractivity contribution in [1.29, 1.82) is 0 Å². The number of hydrogen-bond donors (Lipinski definition) is 3. The lowest BCUT2D eigenvalue weighted by Crippen LogP contribution is -2.29. The van der Waals surface area contributed by atoms with E-state index in [-0.39, 0.29) is 11.6 Å². The minimum atomic E-state index is -3.63. The molecule has 0 aliphatic heterocycles. The van der Waals surface area contributed by atoms with Crippen molar-refractivity contribution in [2.24, 2.45) is 7.05 Å². The monoisotopic (exact) mass is 388 g/mol. The van der Waals surface area contributed by atoms with E-state index in [1.807, 2.05) is 12.1 Å². The summed E-state index contributed by atoms with van der Waals surface area (Å²) in [5, 5.41) is 14.2. The van der Waals surface area contributed by atoms with E-state index in [1.165, 1.54) is 6.20 Å². The van der Waals surface area contributed by atoms with Crippen LogP contribution in [0.25, 0.3) is 0 Å². The van der Waals surface area contributed by atoms with Gasteiger partial charge in [0.2, 0.25) is 0 Å². The lowest BCUT2D eigenvalue weighted by Gasteiger charge is -2.08. The fourth-order valence-corrected chi connectivity index (χ4v) is 3.25. The Morgan fingerprint density at radius 1 is 1.11 bits per heavy atom. The van der Waals surface area contributed by atoms with Gasteiger partial charge in [-0.05, 0) is 31.2 Å². The number of aryl methyl sites for hydroxylation is 2. The van der Waals surface area contributed by atoms with E-state index < -0.39 is 10.0 Å². The number of sulfonamides is 1. The molecule has 11 heteroatoms. The molecule has 0 fully saturated rings. The second kappa shape index (κ2) is 8.10. The van der Waals surface area contributed by atoms with Crippen molar-refractivity contribution < 1.29 is 8.42 Å². The Hall–Kier alpha value is -3.05. The SMILES string of the molecule is Cc1nc(S(=O)(=O)NCCNc2ccc(Nc3cccnc3)nn2)cn1C. The van der Waals surface area contributed by atoms with Gasteiger partial charge < -0.3 is 15.2 Å². The molecule has 0 saturated heterocycles. The van der Waals surface area contributed by atoms with Gasteiger partial charge in [0.25, 0.3) is 10.0 Å². The van der Waals surface area contributed by atoms with E-state index in [0.29, 0.717) is 24.0 Å². The molecule has 0 aromatic carbocycles. The molecule has 0 aliphatic carbocycles. The van der Waals surface area contributed by atoms with Crippen LogP contribution in [-0.4, -0.2) is 46.2 Å². The zero-order valence-corrected chi connectivity index (χ0v) is 15.7. The standard InChI is InChI=1S/C16H20N8O2S/c1-12-20-16(11-24(12)2)27(25,26)19-9-8-18-14-5-6-15(23-22-14)21-13-4-3-7-17-10-13/h3-7,10-11,19H,8-9H2,1-2H3,(H,18,22)(H,21,23). The minimum Gasteiger partial charge on any atom is -0.367 e. The van der Waals surface area contributed by atoms with Crippen molar-refractivity contribution in [3.63, 3.8) is 0 Å². The molecule has 0 bridgehead atoms. The van der Waals surface area contributed by atoms with Crippen molar-refractivity contribution in [3.05, 3.63) is 48.7 Å². The molecule has 3 rings (SSSR count). The van der Waals surface area contributed by atoms with Crippen molar-refractivity contribution in [2.45, 2.75) is 11.9 Å². The third-order valence-electron chi connectivity index (χ3n) is 3.68. The van der Waals surface area contributed by atoms with Crippen molar-refractivity contribution in [2.75, 3.05) is 23.7 Å². The summed E-state index contributed by atoms with van der Waals surface area (Å²) in [6.07, 6.45) is 4.85. The first-order valence-corrected chi connectivity index (χ1v) is 9.67. The fraction of sp³-hybridized carbons (Fsp3) is 0.250. The van der Waals surface area contributed by atoms with E-state index in [0.717, 1.165) is 5.69 Å². The molecule has 0 saturated carbocycles. The molecule has 0 radical (unpaired) electrons. The highest BCUT2D eigenvalue weighted by Gasteiger charge is 2.17. The number of rotatable bonds is 8. The Bertz CT molecular complexity index is 968. The van der Waals surface area contributed by atoms with Crippen LogP contribution in [0.3, 0.4) is 0 Å². The van der Waals surface area contributed by atoms with E-state index in [4.69, 9.17) is 0 Å². The quantitative estimate of drug-likeness (QED) is 0.489. The summed E-state index contributed by atoms with van der Waals surface area (Å²) in [6, 6.07) is 7.21. The van der Waals surface area contributed by atoms with Gasteiger partial charge in [-0.25, -0.2) is 18.1 Å². The normalized spacial score (nSPS) is 11.3. The predicted molar refractivity (Wildman–Crippen MR) is 101 cm³/mol. The summed E-state index contributed by atoms with van der Waals surface area (Å²) in [4.78, 5) is 8.03. The Labute approximate surface area is 157 Å². The van der Waals surface area contributed by atoms with Crippen LogP contribution in [-0.2, 0) is 17.1 Å². The molecule has 0 spiro atoms. The molecule has 0 unspecified atom stereocenters. The van der Waals surface area contributed by atoms with Crippen LogP contribution in [0, 0.1) is 6.92 Å². The fourth-order valence-electron chi connectivity index (χ4n) is 2.18. The first-order valence-electron chi connectivity index (χ1n) is 8.18. The maximum Gasteiger partial charge on any atom is 0.259 e. The van der Waals surface area contributed by atoms with Gasteiger partial charge in [-0.15, -0.1) is 10.2 Å². The predicted octanol–water partition coefficient (Wildman–Crippen LogP) is 1.05. The summed E-state index contributed by atoms with van der Waals surface area (Å²) < 4.78 is 28.5. The number of pyridine rings is 1. The third-order valence-corrected chi connectivity index (χ3v) is 5.02. The highest BCUT2D eigenvalue weighted by molar-refractivity contribution is 7.89. The summed E-state index contributed by atoms with van der Waals surface area (Å²) in [5.74, 6) is 1.75. The molecular formula is C16H20N8O2S. The van der Waals surface area contributed by atoms with Gasteiger partial charge in [-0.2, -0.15) is 0 Å². The summed E-state index contributed by atoms with van der Waals surface area (Å²) in [6.45, 7) is 2.29. The molecule has 0 amide bonds. The van der Waals surface area contributed by atoms with Crippen LogP contribution in [0.4, 0.5) is 17.3 Å². The van der Waals surface area contributed by atoms with Crippen LogP contribution in [0.1, 0.15) is 5.82 Å². The average molecular weight is 388 g/mol. The molecule has 3 aromatic rings. The molecule has 142 valence electrons. The average Bonchev–Trinajstić information content (AvgIpc) is 3.01. The number of nitrogens with zero attached hydrogens (tertiary/aromatic N) is 5. The number of anilines is 3. The second-order valence-corrected chi connectivity index (χ2v) is 7.45. The molecular weight excluding hydrogens is 368 g/mol. The van der Waals surface area contributed by atoms with E-state index in [1.54, 1.807) is 43.1 Å². The van der Waals surface area contributed by atoms with Crippen LogP contribution in [0.15, 0.2) is 47.9 Å². The summed E-state index contributed by atoms with van der Waals surface area (Å²) in [5.41, 5.74) is 0.812. The van der Waals surface area contributed by atoms with Crippen LogP contribution < -0.4 is 15.4 Å². The zero-order chi connectivity index (χ0) is 19.3. The van der Waals surface area contributed by atoms with Gasteiger partial charge >= 0.3 is 0 Å².